The quantitative estimate of drug-likeness (QED) is 0.448. The van der Waals surface area contributed by atoms with E-state index >= 15 is 0 Å². The molecule has 0 aliphatic carbocycles. The number of hydrogen-bond acceptors (Lipinski definition) is 9. The third-order valence-electron chi connectivity index (χ3n) is 4.66. The smallest absolute Gasteiger partial charge is 0.382 e. The van der Waals surface area contributed by atoms with E-state index in [9.17, 15) is 13.2 Å². The average Bonchev–Trinajstić information content (AvgIpc) is 2.75. The molecule has 0 fully saturated rings. The number of aromatic nitrogens is 3. The number of nitrogens with zero attached hydrogens (tertiary/aromatic N) is 3. The molecule has 2 N–H and O–H groups in total. The normalized spacial score (nSPS) is 12.6. The molecule has 1 atom stereocenters. The first kappa shape index (κ1) is 23.7. The lowest BCUT2D eigenvalue weighted by atomic mass is 9.97. The molecule has 0 radical (unpaired) electrons. The van der Waals surface area contributed by atoms with Gasteiger partial charge in [0.25, 0.3) is 0 Å². The number of ether oxygens (including phenoxy) is 2. The van der Waals surface area contributed by atoms with Crippen LogP contribution in [0, 0.1) is 6.92 Å². The van der Waals surface area contributed by atoms with Crippen LogP contribution >= 0.6 is 0 Å². The van der Waals surface area contributed by atoms with E-state index in [4.69, 9.17) is 14.6 Å². The first-order chi connectivity index (χ1) is 15.3. The molecule has 32 heavy (non-hydrogen) atoms. The predicted octanol–water partition coefficient (Wildman–Crippen LogP) is 1.88. The molecule has 170 valence electrons. The molecule has 0 aromatic carbocycles. The highest BCUT2D eigenvalue weighted by atomic mass is 32.2. The van der Waals surface area contributed by atoms with Gasteiger partial charge >= 0.3 is 16.3 Å². The van der Waals surface area contributed by atoms with E-state index in [0.717, 1.165) is 5.56 Å². The number of pyridine rings is 3. The van der Waals surface area contributed by atoms with Crippen molar-refractivity contribution in [1.29, 1.82) is 0 Å². The topological polar surface area (TPSA) is 144 Å². The van der Waals surface area contributed by atoms with Gasteiger partial charge in [0.2, 0.25) is 0 Å². The summed E-state index contributed by atoms with van der Waals surface area (Å²) >= 11 is 0. The first-order valence-electron chi connectivity index (χ1n) is 9.80. The fraction of sp³-hybridized carbons (Fsp3) is 0.333. The number of hydrogen-bond donors (Lipinski definition) is 1. The summed E-state index contributed by atoms with van der Waals surface area (Å²) in [6.07, 6.45) is 3.31. The van der Waals surface area contributed by atoms with Crippen LogP contribution in [0.2, 0.25) is 0 Å². The number of methoxy groups -OCH3 is 1. The van der Waals surface area contributed by atoms with Gasteiger partial charge in [0, 0.05) is 31.5 Å². The van der Waals surface area contributed by atoms with Crippen molar-refractivity contribution in [2.45, 2.75) is 19.3 Å². The molecule has 1 unspecified atom stereocenters. The van der Waals surface area contributed by atoms with Crippen molar-refractivity contribution in [3.05, 3.63) is 54.0 Å². The molecule has 11 heteroatoms. The van der Waals surface area contributed by atoms with Crippen LogP contribution in [0.4, 0.5) is 0 Å². The van der Waals surface area contributed by atoms with Gasteiger partial charge in [0.15, 0.2) is 0 Å². The Morgan fingerprint density at radius 1 is 1.12 bits per heavy atom. The Labute approximate surface area is 186 Å². The van der Waals surface area contributed by atoms with Crippen molar-refractivity contribution < 1.29 is 26.9 Å². The zero-order valence-corrected chi connectivity index (χ0v) is 18.5. The summed E-state index contributed by atoms with van der Waals surface area (Å²) in [6.45, 7) is 2.72. The van der Waals surface area contributed by atoms with E-state index in [-0.39, 0.29) is 18.7 Å². The lowest BCUT2D eigenvalue weighted by Crippen LogP contribution is -2.26. The number of fused-ring (bicyclic) bond motifs is 1. The van der Waals surface area contributed by atoms with Crippen molar-refractivity contribution in [2.24, 2.45) is 5.14 Å². The Hall–Kier alpha value is -2.99. The minimum atomic E-state index is -4.51. The van der Waals surface area contributed by atoms with E-state index < -0.39 is 22.2 Å². The van der Waals surface area contributed by atoms with E-state index in [2.05, 4.69) is 19.1 Å². The molecule has 0 aliphatic heterocycles. The van der Waals surface area contributed by atoms with Gasteiger partial charge in [0.05, 0.1) is 35.8 Å². The lowest BCUT2D eigenvalue weighted by molar-refractivity contribution is -0.136. The number of nitrogens with two attached hydrogens (primary N) is 1. The molecule has 0 saturated heterocycles. The fourth-order valence-electron chi connectivity index (χ4n) is 3.21. The number of carbonyl (C=O) groups is 1. The average molecular weight is 461 g/mol. The standard InChI is InChI=1S/C21H24N4O6S/c1-14-5-3-8-23-18(14)17-13-15-6-4-9-24-19(15)20(25-17)16(7-10-30-12-11-29-2)21(26)31-32(22,27)28/h3-6,8-9,13,16H,7,10-12H2,1-2H3,(H2,22,27,28). The minimum absolute atomic E-state index is 0.0986. The summed E-state index contributed by atoms with van der Waals surface area (Å²) in [4.78, 5) is 26.2. The zero-order chi connectivity index (χ0) is 23.1. The first-order valence-corrected chi connectivity index (χ1v) is 11.3. The van der Waals surface area contributed by atoms with E-state index in [1.165, 1.54) is 0 Å². The van der Waals surface area contributed by atoms with Crippen LogP contribution in [0.1, 0.15) is 23.6 Å². The Kier molecular flexibility index (Phi) is 7.80. The highest BCUT2D eigenvalue weighted by Crippen LogP contribution is 2.31. The second-order valence-corrected chi connectivity index (χ2v) is 8.13. The molecule has 0 saturated carbocycles. The van der Waals surface area contributed by atoms with Gasteiger partial charge in [-0.3, -0.25) is 14.8 Å². The van der Waals surface area contributed by atoms with E-state index in [1.54, 1.807) is 25.6 Å². The zero-order valence-electron chi connectivity index (χ0n) is 17.7. The van der Waals surface area contributed by atoms with Crippen molar-refractivity contribution >= 4 is 27.2 Å². The fourth-order valence-corrected chi connectivity index (χ4v) is 3.56. The molecule has 0 amide bonds. The van der Waals surface area contributed by atoms with Crippen molar-refractivity contribution in [3.8, 4) is 11.4 Å². The van der Waals surface area contributed by atoms with E-state index in [0.29, 0.717) is 35.5 Å². The summed E-state index contributed by atoms with van der Waals surface area (Å²) in [6, 6.07) is 9.11. The van der Waals surface area contributed by atoms with Gasteiger partial charge in [-0.05, 0) is 37.1 Å². The Morgan fingerprint density at radius 2 is 1.88 bits per heavy atom. The third-order valence-corrected chi connectivity index (χ3v) is 5.06. The highest BCUT2D eigenvalue weighted by molar-refractivity contribution is 7.84. The molecule has 0 aliphatic rings. The monoisotopic (exact) mass is 460 g/mol. The van der Waals surface area contributed by atoms with Crippen LogP contribution in [0.3, 0.4) is 0 Å². The maximum atomic E-state index is 12.8. The van der Waals surface area contributed by atoms with Crippen molar-refractivity contribution in [1.82, 2.24) is 15.0 Å². The molecular weight excluding hydrogens is 436 g/mol. The number of rotatable bonds is 10. The second kappa shape index (κ2) is 10.6. The van der Waals surface area contributed by atoms with Gasteiger partial charge in [-0.2, -0.15) is 13.6 Å². The van der Waals surface area contributed by atoms with Crippen LogP contribution in [-0.4, -0.2) is 56.3 Å². The van der Waals surface area contributed by atoms with Crippen LogP contribution in [0.5, 0.6) is 0 Å². The van der Waals surface area contributed by atoms with Crippen LogP contribution in [-0.2, 0) is 28.8 Å². The van der Waals surface area contributed by atoms with Gasteiger partial charge in [-0.25, -0.2) is 4.98 Å². The van der Waals surface area contributed by atoms with Crippen LogP contribution in [0.15, 0.2) is 42.7 Å². The summed E-state index contributed by atoms with van der Waals surface area (Å²) in [5.41, 5.74) is 2.74. The van der Waals surface area contributed by atoms with Crippen molar-refractivity contribution in [2.75, 3.05) is 26.9 Å². The molecule has 3 aromatic rings. The molecule has 3 rings (SSSR count). The van der Waals surface area contributed by atoms with E-state index in [1.807, 2.05) is 31.2 Å². The maximum Gasteiger partial charge on any atom is 0.382 e. The Balaban J connectivity index is 2.08. The summed E-state index contributed by atoms with van der Waals surface area (Å²) in [5.74, 6) is -2.14. The molecule has 0 bridgehead atoms. The summed E-state index contributed by atoms with van der Waals surface area (Å²) < 4.78 is 37.8. The lowest BCUT2D eigenvalue weighted by Gasteiger charge is -2.17. The molecule has 10 nitrogen and oxygen atoms in total. The number of carbonyl (C=O) groups excluding carboxylic acids is 1. The molecule has 3 heterocycles. The van der Waals surface area contributed by atoms with Gasteiger partial charge < -0.3 is 13.7 Å². The molecular formula is C21H24N4O6S. The predicted molar refractivity (Wildman–Crippen MR) is 117 cm³/mol. The minimum Gasteiger partial charge on any atom is -0.382 e. The Bertz CT molecular complexity index is 1200. The highest BCUT2D eigenvalue weighted by Gasteiger charge is 2.30. The van der Waals surface area contributed by atoms with Gasteiger partial charge in [0.1, 0.15) is 5.92 Å². The SMILES string of the molecule is COCCOCCC(C(=O)OS(N)(=O)=O)c1nc(-c2ncccc2C)cc2cccnc12. The van der Waals surface area contributed by atoms with Gasteiger partial charge in [-0.1, -0.05) is 12.1 Å². The Morgan fingerprint density at radius 3 is 2.59 bits per heavy atom. The third kappa shape index (κ3) is 6.04. The molecule has 0 spiro atoms. The maximum absolute atomic E-state index is 12.8. The van der Waals surface area contributed by atoms with Crippen molar-refractivity contribution in [3.63, 3.8) is 0 Å². The number of aryl methyl sites for hydroxylation is 1. The second-order valence-electron chi connectivity index (χ2n) is 6.98. The summed E-state index contributed by atoms with van der Waals surface area (Å²) in [5, 5.41) is 5.65. The molecule has 3 aromatic heterocycles. The van der Waals surface area contributed by atoms with Gasteiger partial charge in [-0.15, -0.1) is 0 Å². The largest absolute Gasteiger partial charge is 0.382 e. The van der Waals surface area contributed by atoms with Crippen LogP contribution in [0.25, 0.3) is 22.3 Å². The van der Waals surface area contributed by atoms with Crippen LogP contribution < -0.4 is 5.14 Å². The summed E-state index contributed by atoms with van der Waals surface area (Å²) in [7, 11) is -2.96.